The first-order valence-electron chi connectivity index (χ1n) is 5.63. The molecule has 3 N–H and O–H groups in total. The monoisotopic (exact) mass is 230 g/mol. The Kier molecular flexibility index (Phi) is 4.70. The van der Waals surface area contributed by atoms with Gasteiger partial charge in [0, 0.05) is 6.54 Å². The Morgan fingerprint density at radius 3 is 2.62 bits per heavy atom. The Morgan fingerprint density at radius 2 is 2.19 bits per heavy atom. The van der Waals surface area contributed by atoms with Crippen molar-refractivity contribution in [1.82, 2.24) is 5.32 Å². The zero-order valence-electron chi connectivity index (χ0n) is 10.3. The maximum Gasteiger partial charge on any atom is 0.235 e. The smallest absolute Gasteiger partial charge is 0.235 e. The highest BCUT2D eigenvalue weighted by molar-refractivity contribution is 5.80. The third-order valence-corrected chi connectivity index (χ3v) is 2.59. The van der Waals surface area contributed by atoms with Crippen LogP contribution in [0.25, 0.3) is 0 Å². The van der Waals surface area contributed by atoms with Crippen molar-refractivity contribution in [3.63, 3.8) is 0 Å². The summed E-state index contributed by atoms with van der Waals surface area (Å²) >= 11 is 0. The lowest BCUT2D eigenvalue weighted by Crippen LogP contribution is -2.53. The summed E-state index contributed by atoms with van der Waals surface area (Å²) in [6.07, 6.45) is 0.0120. The summed E-state index contributed by atoms with van der Waals surface area (Å²) in [6.45, 7) is 8.36. The number of carbonyl (C=O) groups excluding carboxylic acids is 1. The van der Waals surface area contributed by atoms with Gasteiger partial charge in [-0.2, -0.15) is 0 Å². The third kappa shape index (κ3) is 4.08. The van der Waals surface area contributed by atoms with Gasteiger partial charge in [0.05, 0.1) is 32.0 Å². The van der Waals surface area contributed by atoms with Gasteiger partial charge >= 0.3 is 0 Å². The molecule has 0 spiro atoms. The van der Waals surface area contributed by atoms with Crippen molar-refractivity contribution in [2.45, 2.75) is 32.9 Å². The minimum Gasteiger partial charge on any atom is -0.376 e. The molecule has 5 nitrogen and oxygen atoms in total. The molecule has 1 saturated heterocycles. The van der Waals surface area contributed by atoms with E-state index >= 15 is 0 Å². The maximum absolute atomic E-state index is 11.3. The molecular weight excluding hydrogens is 208 g/mol. The molecule has 1 amide bonds. The van der Waals surface area contributed by atoms with E-state index in [0.717, 1.165) is 0 Å². The van der Waals surface area contributed by atoms with Gasteiger partial charge in [-0.25, -0.2) is 0 Å². The lowest BCUT2D eigenvalue weighted by molar-refractivity contribution is -0.123. The van der Waals surface area contributed by atoms with Gasteiger partial charge in [-0.15, -0.1) is 0 Å². The summed E-state index contributed by atoms with van der Waals surface area (Å²) in [5, 5.41) is 3.15. The number of nitrogens with two attached hydrogens (primary N) is 1. The summed E-state index contributed by atoms with van der Waals surface area (Å²) in [7, 11) is 0. The Hall–Kier alpha value is -0.650. The van der Waals surface area contributed by atoms with Crippen molar-refractivity contribution < 1.29 is 14.3 Å². The van der Waals surface area contributed by atoms with Gasteiger partial charge in [0.15, 0.2) is 0 Å². The molecule has 0 aromatic carbocycles. The summed E-state index contributed by atoms with van der Waals surface area (Å²) in [5.74, 6) is -0.329. The highest BCUT2D eigenvalue weighted by Crippen LogP contribution is 2.19. The number of ether oxygens (including phenoxy) is 2. The minimum atomic E-state index is -0.349. The van der Waals surface area contributed by atoms with E-state index in [9.17, 15) is 4.79 Å². The van der Waals surface area contributed by atoms with Gasteiger partial charge in [0.1, 0.15) is 0 Å². The fourth-order valence-electron chi connectivity index (χ4n) is 1.74. The van der Waals surface area contributed by atoms with Crippen LogP contribution < -0.4 is 11.1 Å². The zero-order valence-corrected chi connectivity index (χ0v) is 10.3. The predicted octanol–water partition coefficient (Wildman–Crippen LogP) is -0.109. The fraction of sp³-hybridized carbons (Fsp3) is 0.909. The number of carbonyl (C=O) groups is 1. The second-order valence-corrected chi connectivity index (χ2v) is 5.18. The SMILES string of the molecule is CC(C)(C)[C@H](NCC1COCCO1)C(N)=O. The van der Waals surface area contributed by atoms with Crippen LogP contribution in [0.15, 0.2) is 0 Å². The molecule has 0 aromatic heterocycles. The fourth-order valence-corrected chi connectivity index (χ4v) is 1.74. The van der Waals surface area contributed by atoms with E-state index in [0.29, 0.717) is 26.4 Å². The van der Waals surface area contributed by atoms with Crippen molar-refractivity contribution in [2.24, 2.45) is 11.1 Å². The molecule has 94 valence electrons. The van der Waals surface area contributed by atoms with Crippen molar-refractivity contribution in [1.29, 1.82) is 0 Å². The molecule has 5 heteroatoms. The maximum atomic E-state index is 11.3. The molecule has 0 saturated carbocycles. The van der Waals surface area contributed by atoms with Crippen LogP contribution in [0, 0.1) is 5.41 Å². The van der Waals surface area contributed by atoms with Crippen molar-refractivity contribution in [2.75, 3.05) is 26.4 Å². The molecule has 0 radical (unpaired) electrons. The minimum absolute atomic E-state index is 0.0120. The van der Waals surface area contributed by atoms with Gasteiger partial charge < -0.3 is 20.5 Å². The molecule has 1 aliphatic rings. The van der Waals surface area contributed by atoms with Gasteiger partial charge in [-0.05, 0) is 5.41 Å². The van der Waals surface area contributed by atoms with Crippen LogP contribution in [0.5, 0.6) is 0 Å². The van der Waals surface area contributed by atoms with Crippen molar-refractivity contribution >= 4 is 5.91 Å². The van der Waals surface area contributed by atoms with Crippen LogP contribution in [0.1, 0.15) is 20.8 Å². The number of hydrogen-bond acceptors (Lipinski definition) is 4. The number of amides is 1. The van der Waals surface area contributed by atoms with E-state index in [1.165, 1.54) is 0 Å². The van der Waals surface area contributed by atoms with Gasteiger partial charge in [0.2, 0.25) is 5.91 Å². The van der Waals surface area contributed by atoms with Crippen LogP contribution >= 0.6 is 0 Å². The van der Waals surface area contributed by atoms with Crippen LogP contribution in [0.3, 0.4) is 0 Å². The largest absolute Gasteiger partial charge is 0.376 e. The molecule has 0 aromatic rings. The molecule has 1 unspecified atom stereocenters. The number of hydrogen-bond donors (Lipinski definition) is 2. The summed E-state index contributed by atoms with van der Waals surface area (Å²) in [5.41, 5.74) is 5.17. The lowest BCUT2D eigenvalue weighted by Gasteiger charge is -2.31. The average molecular weight is 230 g/mol. The second kappa shape index (κ2) is 5.61. The predicted molar refractivity (Wildman–Crippen MR) is 61.0 cm³/mol. The van der Waals surface area contributed by atoms with E-state index in [1.807, 2.05) is 20.8 Å². The standard InChI is InChI=1S/C11H22N2O3/c1-11(2,3)9(10(12)14)13-6-8-7-15-4-5-16-8/h8-9,13H,4-7H2,1-3H3,(H2,12,14)/t8?,9-/m1/s1. The highest BCUT2D eigenvalue weighted by atomic mass is 16.6. The van der Waals surface area contributed by atoms with E-state index in [1.54, 1.807) is 0 Å². The average Bonchev–Trinajstić information content (AvgIpc) is 2.17. The first-order valence-corrected chi connectivity index (χ1v) is 5.63. The van der Waals surface area contributed by atoms with Crippen LogP contribution in [-0.2, 0) is 14.3 Å². The number of nitrogens with one attached hydrogen (secondary N) is 1. The van der Waals surface area contributed by atoms with E-state index < -0.39 is 0 Å². The third-order valence-electron chi connectivity index (χ3n) is 2.59. The Labute approximate surface area is 96.7 Å². The van der Waals surface area contributed by atoms with Gasteiger partial charge in [-0.1, -0.05) is 20.8 Å². The molecule has 2 atom stereocenters. The van der Waals surface area contributed by atoms with Crippen LogP contribution in [-0.4, -0.2) is 44.4 Å². The molecule has 0 aliphatic carbocycles. The molecular formula is C11H22N2O3. The molecule has 1 heterocycles. The normalized spacial score (nSPS) is 24.1. The first-order chi connectivity index (χ1) is 7.41. The van der Waals surface area contributed by atoms with Crippen molar-refractivity contribution in [3.8, 4) is 0 Å². The zero-order chi connectivity index (χ0) is 12.2. The Balaban J connectivity index is 2.40. The molecule has 1 rings (SSSR count). The van der Waals surface area contributed by atoms with Crippen LogP contribution in [0.4, 0.5) is 0 Å². The number of primary amides is 1. The van der Waals surface area contributed by atoms with Crippen molar-refractivity contribution in [3.05, 3.63) is 0 Å². The van der Waals surface area contributed by atoms with E-state index in [-0.39, 0.29) is 23.5 Å². The lowest BCUT2D eigenvalue weighted by atomic mass is 9.86. The first kappa shape index (κ1) is 13.4. The quantitative estimate of drug-likeness (QED) is 0.707. The summed E-state index contributed by atoms with van der Waals surface area (Å²) in [4.78, 5) is 11.3. The molecule has 1 aliphatic heterocycles. The molecule has 1 fully saturated rings. The topological polar surface area (TPSA) is 73.6 Å². The van der Waals surface area contributed by atoms with E-state index in [2.05, 4.69) is 5.32 Å². The molecule has 0 bridgehead atoms. The number of rotatable bonds is 4. The second-order valence-electron chi connectivity index (χ2n) is 5.18. The van der Waals surface area contributed by atoms with Gasteiger partial charge in [-0.3, -0.25) is 4.79 Å². The molecule has 16 heavy (non-hydrogen) atoms. The highest BCUT2D eigenvalue weighted by Gasteiger charge is 2.30. The van der Waals surface area contributed by atoms with Gasteiger partial charge in [0.25, 0.3) is 0 Å². The Bertz CT molecular complexity index is 232. The van der Waals surface area contributed by atoms with Crippen LogP contribution in [0.2, 0.25) is 0 Å². The van der Waals surface area contributed by atoms with E-state index in [4.69, 9.17) is 15.2 Å². The summed E-state index contributed by atoms with van der Waals surface area (Å²) < 4.78 is 10.8. The summed E-state index contributed by atoms with van der Waals surface area (Å²) in [6, 6.07) is -0.349. The Morgan fingerprint density at radius 1 is 1.50 bits per heavy atom.